The molecule has 1 aromatic carbocycles. The molecule has 19 heavy (non-hydrogen) atoms. The van der Waals surface area contributed by atoms with Gasteiger partial charge in [0.1, 0.15) is 0 Å². The molecule has 4 nitrogen and oxygen atoms in total. The Morgan fingerprint density at radius 2 is 2.00 bits per heavy atom. The van der Waals surface area contributed by atoms with E-state index in [1.807, 2.05) is 18.2 Å². The molecule has 2 N–H and O–H groups in total. The van der Waals surface area contributed by atoms with Gasteiger partial charge in [-0.25, -0.2) is 0 Å². The van der Waals surface area contributed by atoms with Crippen molar-refractivity contribution in [2.75, 3.05) is 23.7 Å². The number of nitrogen functional groups attached to an aromatic ring is 1. The van der Waals surface area contributed by atoms with Crippen molar-refractivity contribution in [3.05, 3.63) is 23.8 Å². The second kappa shape index (κ2) is 7.28. The van der Waals surface area contributed by atoms with Crippen molar-refractivity contribution >= 4 is 11.4 Å². The molecule has 0 atom stereocenters. The van der Waals surface area contributed by atoms with E-state index >= 15 is 0 Å². The van der Waals surface area contributed by atoms with Crippen molar-refractivity contribution < 1.29 is 0 Å². The van der Waals surface area contributed by atoms with Crippen LogP contribution in [-0.2, 0) is 6.42 Å². The highest BCUT2D eigenvalue weighted by Crippen LogP contribution is 2.22. The highest BCUT2D eigenvalue weighted by molar-refractivity contribution is 5.59. The molecule has 0 radical (unpaired) electrons. The molecule has 0 aliphatic carbocycles. The third kappa shape index (κ3) is 4.52. The molecule has 0 aliphatic heterocycles. The van der Waals surface area contributed by atoms with Gasteiger partial charge in [-0.2, -0.15) is 10.5 Å². The zero-order chi connectivity index (χ0) is 14.3. The summed E-state index contributed by atoms with van der Waals surface area (Å²) in [4.78, 5) is 2.17. The average Bonchev–Trinajstić information content (AvgIpc) is 2.37. The fourth-order valence-electron chi connectivity index (χ4n) is 1.98. The van der Waals surface area contributed by atoms with E-state index in [1.165, 1.54) is 0 Å². The molecule has 1 rings (SSSR count). The third-order valence-electron chi connectivity index (χ3n) is 2.84. The first-order valence-electron chi connectivity index (χ1n) is 6.45. The van der Waals surface area contributed by atoms with Crippen LogP contribution in [0.4, 0.5) is 11.4 Å². The minimum atomic E-state index is 0.313. The fourth-order valence-corrected chi connectivity index (χ4v) is 1.98. The quantitative estimate of drug-likeness (QED) is 0.794. The van der Waals surface area contributed by atoms with Gasteiger partial charge >= 0.3 is 0 Å². The monoisotopic (exact) mass is 256 g/mol. The Morgan fingerprint density at radius 3 is 2.58 bits per heavy atom. The Kier molecular flexibility index (Phi) is 5.70. The number of benzene rings is 1. The summed E-state index contributed by atoms with van der Waals surface area (Å²) in [7, 11) is 0. The second-order valence-electron chi connectivity index (χ2n) is 4.97. The lowest BCUT2D eigenvalue weighted by atomic mass is 10.1. The first kappa shape index (κ1) is 14.9. The number of hydrogen-bond acceptors (Lipinski definition) is 4. The Hall–Kier alpha value is -2.20. The molecule has 0 spiro atoms. The van der Waals surface area contributed by atoms with Crippen LogP contribution >= 0.6 is 0 Å². The van der Waals surface area contributed by atoms with E-state index < -0.39 is 0 Å². The topological polar surface area (TPSA) is 76.8 Å². The summed E-state index contributed by atoms with van der Waals surface area (Å²) in [5, 5.41) is 17.5. The standard InChI is InChI=1S/C15H20N4/c1-12(2)11-19(9-3-7-16)14-4-5-15(18)13(10-14)6-8-17/h4-5,10,12H,3,6,9,11,18H2,1-2H3. The highest BCUT2D eigenvalue weighted by Gasteiger charge is 2.10. The minimum Gasteiger partial charge on any atom is -0.398 e. The summed E-state index contributed by atoms with van der Waals surface area (Å²) in [6, 6.07) is 10.0. The van der Waals surface area contributed by atoms with Crippen molar-refractivity contribution in [1.29, 1.82) is 10.5 Å². The van der Waals surface area contributed by atoms with Gasteiger partial charge in [-0.3, -0.25) is 0 Å². The summed E-state index contributed by atoms with van der Waals surface area (Å²) in [6.07, 6.45) is 0.804. The number of hydrogen-bond donors (Lipinski definition) is 1. The molecule has 0 amide bonds. The first-order chi connectivity index (χ1) is 9.08. The summed E-state index contributed by atoms with van der Waals surface area (Å²) >= 11 is 0. The molecule has 0 bridgehead atoms. The maximum atomic E-state index is 8.80. The second-order valence-corrected chi connectivity index (χ2v) is 4.97. The van der Waals surface area contributed by atoms with Gasteiger partial charge in [0.15, 0.2) is 0 Å². The third-order valence-corrected chi connectivity index (χ3v) is 2.84. The number of nitriles is 2. The molecule has 1 aromatic rings. The van der Waals surface area contributed by atoms with Crippen LogP contribution in [0.1, 0.15) is 25.8 Å². The Labute approximate surface area is 115 Å². The van der Waals surface area contributed by atoms with Crippen LogP contribution in [0.3, 0.4) is 0 Å². The van der Waals surface area contributed by atoms with Crippen molar-refractivity contribution in [2.45, 2.75) is 26.7 Å². The Bertz CT molecular complexity index is 494. The Morgan fingerprint density at radius 1 is 1.26 bits per heavy atom. The van der Waals surface area contributed by atoms with Crippen LogP contribution in [0.25, 0.3) is 0 Å². The van der Waals surface area contributed by atoms with Crippen LogP contribution in [0, 0.1) is 28.6 Å². The smallest absolute Gasteiger partial charge is 0.0670 e. The van der Waals surface area contributed by atoms with Crippen LogP contribution in [-0.4, -0.2) is 13.1 Å². The van der Waals surface area contributed by atoms with Gasteiger partial charge in [0.05, 0.1) is 25.0 Å². The normalized spacial score (nSPS) is 9.95. The van der Waals surface area contributed by atoms with E-state index in [9.17, 15) is 0 Å². The molecular weight excluding hydrogens is 236 g/mol. The number of nitrogens with two attached hydrogens (primary N) is 1. The van der Waals surface area contributed by atoms with Crippen molar-refractivity contribution in [3.63, 3.8) is 0 Å². The molecule has 0 heterocycles. The van der Waals surface area contributed by atoms with Crippen molar-refractivity contribution in [3.8, 4) is 12.1 Å². The maximum absolute atomic E-state index is 8.80. The van der Waals surface area contributed by atoms with Crippen molar-refractivity contribution in [1.82, 2.24) is 0 Å². The maximum Gasteiger partial charge on any atom is 0.0670 e. The van der Waals surface area contributed by atoms with E-state index in [2.05, 4.69) is 30.9 Å². The van der Waals surface area contributed by atoms with Crippen LogP contribution < -0.4 is 10.6 Å². The molecule has 100 valence electrons. The molecule has 0 fully saturated rings. The lowest BCUT2D eigenvalue weighted by molar-refractivity contribution is 0.612. The molecular formula is C15H20N4. The van der Waals surface area contributed by atoms with E-state index in [0.29, 0.717) is 31.0 Å². The number of nitrogens with zero attached hydrogens (tertiary/aromatic N) is 3. The zero-order valence-corrected chi connectivity index (χ0v) is 11.6. The van der Waals surface area contributed by atoms with Gasteiger partial charge < -0.3 is 10.6 Å². The molecule has 0 saturated heterocycles. The van der Waals surface area contributed by atoms with Gasteiger partial charge in [0, 0.05) is 24.5 Å². The first-order valence-corrected chi connectivity index (χ1v) is 6.45. The largest absolute Gasteiger partial charge is 0.398 e. The van der Waals surface area contributed by atoms with Crippen molar-refractivity contribution in [2.24, 2.45) is 5.92 Å². The average molecular weight is 256 g/mol. The lowest BCUT2D eigenvalue weighted by Gasteiger charge is -2.26. The SMILES string of the molecule is CC(C)CN(CCC#N)c1ccc(N)c(CC#N)c1. The summed E-state index contributed by atoms with van der Waals surface area (Å²) in [5.74, 6) is 0.510. The lowest BCUT2D eigenvalue weighted by Crippen LogP contribution is -2.28. The summed E-state index contributed by atoms with van der Waals surface area (Å²) in [5.41, 5.74) is 8.39. The van der Waals surface area contributed by atoms with Crippen LogP contribution in [0.2, 0.25) is 0 Å². The predicted molar refractivity (Wildman–Crippen MR) is 77.5 cm³/mol. The minimum absolute atomic E-state index is 0.313. The van der Waals surface area contributed by atoms with Crippen LogP contribution in [0.15, 0.2) is 18.2 Å². The predicted octanol–water partition coefficient (Wildman–Crippen LogP) is 2.71. The molecule has 0 saturated carbocycles. The molecule has 0 unspecified atom stereocenters. The zero-order valence-electron chi connectivity index (χ0n) is 11.6. The fraction of sp³-hybridized carbons (Fsp3) is 0.467. The molecule has 0 aliphatic rings. The highest BCUT2D eigenvalue weighted by atomic mass is 15.1. The Balaban J connectivity index is 2.98. The van der Waals surface area contributed by atoms with Gasteiger partial charge in [-0.15, -0.1) is 0 Å². The van der Waals surface area contributed by atoms with E-state index in [1.54, 1.807) is 0 Å². The van der Waals surface area contributed by atoms with E-state index in [4.69, 9.17) is 16.3 Å². The molecule has 0 aromatic heterocycles. The molecule has 4 heteroatoms. The number of rotatable bonds is 6. The van der Waals surface area contributed by atoms with Gasteiger partial charge in [-0.05, 0) is 29.7 Å². The van der Waals surface area contributed by atoms with Gasteiger partial charge in [0.2, 0.25) is 0 Å². The van der Waals surface area contributed by atoms with E-state index in [0.717, 1.165) is 17.8 Å². The van der Waals surface area contributed by atoms with E-state index in [-0.39, 0.29) is 0 Å². The summed E-state index contributed by atoms with van der Waals surface area (Å²) in [6.45, 7) is 5.88. The van der Waals surface area contributed by atoms with Crippen LogP contribution in [0.5, 0.6) is 0 Å². The summed E-state index contributed by atoms with van der Waals surface area (Å²) < 4.78 is 0. The van der Waals surface area contributed by atoms with Gasteiger partial charge in [0.25, 0.3) is 0 Å². The van der Waals surface area contributed by atoms with Gasteiger partial charge in [-0.1, -0.05) is 13.8 Å². The number of anilines is 2.